The molecule has 57 heavy (non-hydrogen) atoms. The van der Waals surface area contributed by atoms with Gasteiger partial charge >= 0.3 is 19.8 Å². The first-order chi connectivity index (χ1) is 27.5. The molecule has 0 bridgehead atoms. The van der Waals surface area contributed by atoms with Gasteiger partial charge in [0.15, 0.2) is 6.10 Å². The SMILES string of the molecule is CCCCC/C=C\C/C=C\C/C=C\C/C=C\CCCC(=O)OC[C@H](COP(=O)(O)OCC[N+](C)(C)C)OC(=O)CCCCCCCC1OC1C/C=C\CCCCC. The summed E-state index contributed by atoms with van der Waals surface area (Å²) in [5.74, 6) is -0.893. The Hall–Kier alpha value is -2.33. The predicted molar refractivity (Wildman–Crippen MR) is 233 cm³/mol. The zero-order valence-corrected chi connectivity index (χ0v) is 37.4. The highest BCUT2D eigenvalue weighted by Gasteiger charge is 2.36. The van der Waals surface area contributed by atoms with Gasteiger partial charge in [-0.05, 0) is 77.0 Å². The second kappa shape index (κ2) is 34.5. The topological polar surface area (TPSA) is 121 Å². The van der Waals surface area contributed by atoms with E-state index in [1.807, 2.05) is 21.1 Å². The Morgan fingerprint density at radius 2 is 1.19 bits per heavy atom. The first kappa shape index (κ1) is 52.7. The van der Waals surface area contributed by atoms with E-state index in [1.165, 1.54) is 44.9 Å². The zero-order chi connectivity index (χ0) is 41.9. The number of hydrogen-bond donors (Lipinski definition) is 1. The van der Waals surface area contributed by atoms with E-state index in [0.29, 0.717) is 36.1 Å². The number of carbonyl (C=O) groups excluding carboxylic acids is 2. The predicted octanol–water partition coefficient (Wildman–Crippen LogP) is 11.5. The molecule has 0 amide bonds. The Morgan fingerprint density at radius 3 is 1.81 bits per heavy atom. The van der Waals surface area contributed by atoms with Gasteiger partial charge in [-0.25, -0.2) is 4.57 Å². The molecule has 10 nitrogen and oxygen atoms in total. The highest BCUT2D eigenvalue weighted by atomic mass is 31.2. The normalized spacial score (nSPS) is 17.7. The lowest BCUT2D eigenvalue weighted by molar-refractivity contribution is -0.870. The maximum atomic E-state index is 12.7. The van der Waals surface area contributed by atoms with Gasteiger partial charge in [0.05, 0.1) is 40.0 Å². The molecular weight excluding hydrogens is 741 g/mol. The number of likely N-dealkylation sites (N-methyl/N-ethyl adjacent to an activating group) is 1. The minimum atomic E-state index is -4.40. The van der Waals surface area contributed by atoms with Gasteiger partial charge in [-0.15, -0.1) is 0 Å². The van der Waals surface area contributed by atoms with Gasteiger partial charge in [-0.1, -0.05) is 126 Å². The number of hydrogen-bond acceptors (Lipinski definition) is 8. The van der Waals surface area contributed by atoms with Crippen LogP contribution in [-0.4, -0.2) is 87.1 Å². The van der Waals surface area contributed by atoms with Crippen LogP contribution in [0.2, 0.25) is 0 Å². The standard InChI is InChI=1S/C46H80NO9P/c1-6-8-10-12-14-15-16-17-18-19-20-21-22-23-24-28-32-36-45(48)52-40-42(41-54-57(50,51)53-39-38-47(3,4)5)55-46(49)37-33-29-25-27-31-35-44-43(56-44)34-30-26-13-11-9-7-2/h14-15,17-18,20-21,23-24,26,30,42-44H,6-13,16,19,22,25,27-29,31-41H2,1-5H3/p+1/b15-14-,18-17-,21-20-,24-23-,30-26-/t42-,43?,44?/m1/s1. The van der Waals surface area contributed by atoms with E-state index in [-0.39, 0.29) is 26.1 Å². The molecule has 0 aromatic heterocycles. The fourth-order valence-corrected chi connectivity index (χ4v) is 6.58. The smallest absolute Gasteiger partial charge is 0.462 e. The van der Waals surface area contributed by atoms with E-state index in [4.69, 9.17) is 23.3 Å². The van der Waals surface area contributed by atoms with Crippen LogP contribution in [0.1, 0.15) is 155 Å². The van der Waals surface area contributed by atoms with Gasteiger partial charge in [-0.2, -0.15) is 0 Å². The van der Waals surface area contributed by atoms with E-state index in [1.54, 1.807) is 0 Å². The zero-order valence-electron chi connectivity index (χ0n) is 36.5. The molecule has 11 heteroatoms. The number of phosphoric ester groups is 1. The summed E-state index contributed by atoms with van der Waals surface area (Å²) in [5.41, 5.74) is 0. The van der Waals surface area contributed by atoms with Crippen molar-refractivity contribution in [2.24, 2.45) is 0 Å². The largest absolute Gasteiger partial charge is 0.472 e. The van der Waals surface area contributed by atoms with Crippen molar-refractivity contribution in [3.8, 4) is 0 Å². The Balaban J connectivity index is 2.34. The summed E-state index contributed by atoms with van der Waals surface area (Å²) in [7, 11) is 1.42. The Bertz CT molecular complexity index is 1220. The van der Waals surface area contributed by atoms with Crippen molar-refractivity contribution in [1.82, 2.24) is 0 Å². The molecule has 3 unspecified atom stereocenters. The summed E-state index contributed by atoms with van der Waals surface area (Å²) in [4.78, 5) is 35.4. The summed E-state index contributed by atoms with van der Waals surface area (Å²) in [6.45, 7) is 4.25. The van der Waals surface area contributed by atoms with Gasteiger partial charge in [0.2, 0.25) is 0 Å². The van der Waals surface area contributed by atoms with Gasteiger partial charge < -0.3 is 23.6 Å². The lowest BCUT2D eigenvalue weighted by atomic mass is 10.1. The average molecular weight is 823 g/mol. The number of unbranched alkanes of at least 4 members (excludes halogenated alkanes) is 11. The number of esters is 2. The summed E-state index contributed by atoms with van der Waals surface area (Å²) in [5, 5.41) is 0. The maximum Gasteiger partial charge on any atom is 0.472 e. The van der Waals surface area contributed by atoms with E-state index < -0.39 is 32.5 Å². The van der Waals surface area contributed by atoms with E-state index >= 15 is 0 Å². The fraction of sp³-hybridized carbons (Fsp3) is 0.739. The van der Waals surface area contributed by atoms with Crippen molar-refractivity contribution >= 4 is 19.8 Å². The Labute approximate surface area is 347 Å². The Morgan fingerprint density at radius 1 is 0.649 bits per heavy atom. The number of quaternary nitrogens is 1. The molecule has 1 aliphatic rings. The third-order valence-corrected chi connectivity index (χ3v) is 10.4. The summed E-state index contributed by atoms with van der Waals surface area (Å²) >= 11 is 0. The third-order valence-electron chi connectivity index (χ3n) is 9.44. The molecule has 1 rings (SSSR count). The van der Waals surface area contributed by atoms with Crippen molar-refractivity contribution in [3.05, 3.63) is 60.8 Å². The number of epoxide rings is 1. The number of carbonyl (C=O) groups is 2. The molecule has 1 aliphatic heterocycles. The first-order valence-corrected chi connectivity index (χ1v) is 23.6. The molecule has 0 aromatic carbocycles. The lowest BCUT2D eigenvalue weighted by Crippen LogP contribution is -2.37. The molecule has 0 saturated carbocycles. The van der Waals surface area contributed by atoms with Crippen molar-refractivity contribution in [2.75, 3.05) is 47.5 Å². The quantitative estimate of drug-likeness (QED) is 0.0162. The molecule has 0 radical (unpaired) electrons. The Kier molecular flexibility index (Phi) is 31.9. The second-order valence-electron chi connectivity index (χ2n) is 16.1. The number of ether oxygens (including phenoxy) is 3. The average Bonchev–Trinajstić information content (AvgIpc) is 3.92. The van der Waals surface area contributed by atoms with E-state index in [9.17, 15) is 19.0 Å². The molecule has 328 valence electrons. The van der Waals surface area contributed by atoms with Crippen LogP contribution in [0.4, 0.5) is 0 Å². The van der Waals surface area contributed by atoms with Crippen LogP contribution in [0, 0.1) is 0 Å². The van der Waals surface area contributed by atoms with E-state index in [2.05, 4.69) is 74.6 Å². The number of phosphoric acid groups is 1. The molecule has 0 aromatic rings. The van der Waals surface area contributed by atoms with Crippen molar-refractivity contribution in [2.45, 2.75) is 173 Å². The highest BCUT2D eigenvalue weighted by molar-refractivity contribution is 7.47. The van der Waals surface area contributed by atoms with Gasteiger partial charge in [0.1, 0.15) is 19.8 Å². The molecular formula is C46H81NO9P+. The van der Waals surface area contributed by atoms with Crippen LogP contribution in [0.15, 0.2) is 60.8 Å². The summed E-state index contributed by atoms with van der Waals surface area (Å²) < 4.78 is 40.1. The van der Waals surface area contributed by atoms with Crippen molar-refractivity contribution < 1.29 is 46.8 Å². The molecule has 1 fully saturated rings. The van der Waals surface area contributed by atoms with Crippen LogP contribution >= 0.6 is 7.82 Å². The maximum absolute atomic E-state index is 12.7. The van der Waals surface area contributed by atoms with Crippen LogP contribution < -0.4 is 0 Å². The van der Waals surface area contributed by atoms with Gasteiger partial charge in [0, 0.05) is 12.8 Å². The molecule has 0 spiro atoms. The first-order valence-electron chi connectivity index (χ1n) is 22.1. The molecule has 1 heterocycles. The molecule has 1 N–H and O–H groups in total. The highest BCUT2D eigenvalue weighted by Crippen LogP contribution is 2.43. The van der Waals surface area contributed by atoms with Crippen LogP contribution in [0.5, 0.6) is 0 Å². The van der Waals surface area contributed by atoms with Gasteiger partial charge in [-0.3, -0.25) is 18.6 Å². The lowest BCUT2D eigenvalue weighted by Gasteiger charge is -2.24. The fourth-order valence-electron chi connectivity index (χ4n) is 5.83. The van der Waals surface area contributed by atoms with Gasteiger partial charge in [0.25, 0.3) is 0 Å². The molecule has 4 atom stereocenters. The third kappa shape index (κ3) is 35.3. The van der Waals surface area contributed by atoms with Crippen molar-refractivity contribution in [3.63, 3.8) is 0 Å². The molecule has 1 saturated heterocycles. The minimum absolute atomic E-state index is 0.0148. The summed E-state index contributed by atoms with van der Waals surface area (Å²) in [6.07, 6.45) is 42.9. The number of allylic oxidation sites excluding steroid dienone is 9. The van der Waals surface area contributed by atoms with E-state index in [0.717, 1.165) is 70.6 Å². The number of rotatable bonds is 38. The molecule has 0 aliphatic carbocycles. The van der Waals surface area contributed by atoms with Crippen LogP contribution in [0.3, 0.4) is 0 Å². The number of nitrogens with zero attached hydrogens (tertiary/aromatic N) is 1. The minimum Gasteiger partial charge on any atom is -0.462 e. The monoisotopic (exact) mass is 823 g/mol. The van der Waals surface area contributed by atoms with Crippen molar-refractivity contribution in [1.29, 1.82) is 0 Å². The van der Waals surface area contributed by atoms with Crippen LogP contribution in [-0.2, 0) is 37.4 Å². The second-order valence-corrected chi connectivity index (χ2v) is 17.6. The van der Waals surface area contributed by atoms with Crippen LogP contribution in [0.25, 0.3) is 0 Å². The summed E-state index contributed by atoms with van der Waals surface area (Å²) in [6, 6.07) is 0.